The third-order valence-corrected chi connectivity index (χ3v) is 5.53. The van der Waals surface area contributed by atoms with Gasteiger partial charge in [-0.25, -0.2) is 4.98 Å². The maximum atomic E-state index is 12.4. The molecule has 3 aromatic rings. The largest absolute Gasteiger partial charge is 0.495 e. The first-order valence-electron chi connectivity index (χ1n) is 8.54. The fourth-order valence-electron chi connectivity index (χ4n) is 3.13. The molecule has 0 radical (unpaired) electrons. The highest BCUT2D eigenvalue weighted by Crippen LogP contribution is 2.32. The molecule has 2 N–H and O–H groups in total. The number of ether oxygens (including phenoxy) is 1. The number of nitrogens with zero attached hydrogens (tertiary/aromatic N) is 1. The Hall–Kier alpha value is -2.90. The van der Waals surface area contributed by atoms with Gasteiger partial charge in [0.2, 0.25) is 5.91 Å². The first-order valence-corrected chi connectivity index (χ1v) is 9.80. The number of methoxy groups -OCH3 is 1. The molecule has 2 heterocycles. The average molecular weight is 414 g/mol. The lowest BCUT2D eigenvalue weighted by molar-refractivity contribution is -0.116. The number of fused-ring (bicyclic) bond motifs is 1. The van der Waals surface area contributed by atoms with E-state index in [1.165, 1.54) is 11.3 Å². The van der Waals surface area contributed by atoms with E-state index >= 15 is 0 Å². The van der Waals surface area contributed by atoms with Crippen molar-refractivity contribution >= 4 is 39.9 Å². The number of thiazole rings is 1. The molecule has 0 aliphatic carbocycles. The van der Waals surface area contributed by atoms with Crippen molar-refractivity contribution < 1.29 is 14.3 Å². The van der Waals surface area contributed by atoms with Crippen LogP contribution in [0.3, 0.4) is 0 Å². The minimum atomic E-state index is -0.330. The van der Waals surface area contributed by atoms with Crippen molar-refractivity contribution in [2.24, 2.45) is 0 Å². The summed E-state index contributed by atoms with van der Waals surface area (Å²) in [6, 6.07) is 12.4. The van der Waals surface area contributed by atoms with E-state index in [1.807, 2.05) is 29.6 Å². The molecular formula is C20H16ClN3O3S. The number of amides is 2. The lowest BCUT2D eigenvalue weighted by Crippen LogP contribution is -2.24. The van der Waals surface area contributed by atoms with Crippen LogP contribution in [-0.2, 0) is 4.79 Å². The number of hydrogen-bond acceptors (Lipinski definition) is 5. The van der Waals surface area contributed by atoms with Crippen molar-refractivity contribution in [3.63, 3.8) is 0 Å². The van der Waals surface area contributed by atoms with Gasteiger partial charge < -0.3 is 15.4 Å². The van der Waals surface area contributed by atoms with Crippen LogP contribution in [0, 0.1) is 0 Å². The molecule has 2 amide bonds. The van der Waals surface area contributed by atoms with Crippen molar-refractivity contribution in [3.05, 3.63) is 64.0 Å². The predicted molar refractivity (Wildman–Crippen MR) is 109 cm³/mol. The van der Waals surface area contributed by atoms with Crippen LogP contribution >= 0.6 is 22.9 Å². The Labute approximate surface area is 170 Å². The second kappa shape index (κ2) is 7.61. The van der Waals surface area contributed by atoms with Crippen molar-refractivity contribution in [3.8, 4) is 17.0 Å². The smallest absolute Gasteiger partial charge is 0.252 e. The summed E-state index contributed by atoms with van der Waals surface area (Å²) in [6.07, 6.45) is 0.145. The van der Waals surface area contributed by atoms with Crippen LogP contribution in [-0.4, -0.2) is 23.9 Å². The summed E-state index contributed by atoms with van der Waals surface area (Å²) in [7, 11) is 1.56. The van der Waals surface area contributed by atoms with Crippen LogP contribution in [0.5, 0.6) is 5.75 Å². The molecule has 0 saturated heterocycles. The average Bonchev–Trinajstić information content (AvgIpc) is 3.27. The van der Waals surface area contributed by atoms with E-state index in [9.17, 15) is 9.59 Å². The number of anilines is 1. The van der Waals surface area contributed by atoms with Gasteiger partial charge in [-0.15, -0.1) is 11.3 Å². The molecule has 0 spiro atoms. The van der Waals surface area contributed by atoms with E-state index in [4.69, 9.17) is 16.3 Å². The molecule has 4 rings (SSSR count). The third kappa shape index (κ3) is 3.58. The highest BCUT2D eigenvalue weighted by atomic mass is 35.5. The summed E-state index contributed by atoms with van der Waals surface area (Å²) in [6.45, 7) is 0. The number of nitrogens with one attached hydrogen (secondary N) is 2. The lowest BCUT2D eigenvalue weighted by atomic mass is 10.0. The molecule has 28 heavy (non-hydrogen) atoms. The molecule has 8 heteroatoms. The van der Waals surface area contributed by atoms with Gasteiger partial charge in [0.1, 0.15) is 5.75 Å². The Morgan fingerprint density at radius 1 is 1.32 bits per heavy atom. The zero-order valence-electron chi connectivity index (χ0n) is 14.9. The molecule has 142 valence electrons. The fraction of sp³-hybridized carbons (Fsp3) is 0.150. The van der Waals surface area contributed by atoms with E-state index < -0.39 is 0 Å². The maximum Gasteiger partial charge on any atom is 0.252 e. The van der Waals surface area contributed by atoms with Crippen LogP contribution in [0.15, 0.2) is 47.8 Å². The van der Waals surface area contributed by atoms with Crippen LogP contribution < -0.4 is 15.4 Å². The van der Waals surface area contributed by atoms with Gasteiger partial charge in [-0.05, 0) is 29.8 Å². The SMILES string of the molecule is COc1ccc(-c2csc(NC(=O)CC3NC(=O)c4ccccc43)n2)cc1Cl. The minimum absolute atomic E-state index is 0.145. The summed E-state index contributed by atoms with van der Waals surface area (Å²) in [4.78, 5) is 28.9. The monoisotopic (exact) mass is 413 g/mol. The predicted octanol–water partition coefficient (Wildman–Crippen LogP) is 4.29. The molecule has 0 saturated carbocycles. The first-order chi connectivity index (χ1) is 13.5. The lowest BCUT2D eigenvalue weighted by Gasteiger charge is -2.10. The van der Waals surface area contributed by atoms with E-state index in [1.54, 1.807) is 25.3 Å². The summed E-state index contributed by atoms with van der Waals surface area (Å²) in [5.41, 5.74) is 3.01. The summed E-state index contributed by atoms with van der Waals surface area (Å²) < 4.78 is 5.15. The molecule has 0 bridgehead atoms. The number of rotatable bonds is 5. The molecule has 1 atom stereocenters. The number of carbonyl (C=O) groups is 2. The number of carbonyl (C=O) groups excluding carboxylic acids is 2. The normalized spacial score (nSPS) is 15.1. The van der Waals surface area contributed by atoms with E-state index in [0.717, 1.165) is 11.1 Å². The second-order valence-corrected chi connectivity index (χ2v) is 7.52. The van der Waals surface area contributed by atoms with Gasteiger partial charge in [0.15, 0.2) is 5.13 Å². The van der Waals surface area contributed by atoms with Gasteiger partial charge in [0.05, 0.1) is 30.3 Å². The molecule has 1 unspecified atom stereocenters. The molecule has 0 fully saturated rings. The Morgan fingerprint density at radius 3 is 2.93 bits per heavy atom. The highest BCUT2D eigenvalue weighted by molar-refractivity contribution is 7.14. The molecular weight excluding hydrogens is 398 g/mol. The van der Waals surface area contributed by atoms with Gasteiger partial charge in [-0.2, -0.15) is 0 Å². The fourth-order valence-corrected chi connectivity index (χ4v) is 4.12. The second-order valence-electron chi connectivity index (χ2n) is 6.25. The van der Waals surface area contributed by atoms with Crippen LogP contribution in [0.2, 0.25) is 5.02 Å². The molecule has 6 nitrogen and oxygen atoms in total. The quantitative estimate of drug-likeness (QED) is 0.654. The van der Waals surface area contributed by atoms with E-state index in [0.29, 0.717) is 27.2 Å². The minimum Gasteiger partial charge on any atom is -0.495 e. The summed E-state index contributed by atoms with van der Waals surface area (Å²) in [5.74, 6) is 0.227. The van der Waals surface area contributed by atoms with Crippen LogP contribution in [0.25, 0.3) is 11.3 Å². The van der Waals surface area contributed by atoms with E-state index in [-0.39, 0.29) is 24.3 Å². The zero-order valence-corrected chi connectivity index (χ0v) is 16.4. The Morgan fingerprint density at radius 2 is 2.14 bits per heavy atom. The van der Waals surface area contributed by atoms with Gasteiger partial charge in [0.25, 0.3) is 5.91 Å². The topological polar surface area (TPSA) is 80.3 Å². The number of aromatic nitrogens is 1. The highest BCUT2D eigenvalue weighted by Gasteiger charge is 2.29. The van der Waals surface area contributed by atoms with Crippen molar-refractivity contribution in [1.82, 2.24) is 10.3 Å². The molecule has 1 aliphatic heterocycles. The van der Waals surface area contributed by atoms with E-state index in [2.05, 4.69) is 15.6 Å². The van der Waals surface area contributed by atoms with Crippen LogP contribution in [0.1, 0.15) is 28.4 Å². The van der Waals surface area contributed by atoms with Crippen molar-refractivity contribution in [2.45, 2.75) is 12.5 Å². The zero-order chi connectivity index (χ0) is 19.7. The summed E-state index contributed by atoms with van der Waals surface area (Å²) >= 11 is 7.49. The first kappa shape index (κ1) is 18.5. The summed E-state index contributed by atoms with van der Waals surface area (Å²) in [5, 5.41) is 8.47. The third-order valence-electron chi connectivity index (χ3n) is 4.47. The number of hydrogen-bond donors (Lipinski definition) is 2. The van der Waals surface area contributed by atoms with Crippen LogP contribution in [0.4, 0.5) is 5.13 Å². The van der Waals surface area contributed by atoms with Crippen molar-refractivity contribution in [2.75, 3.05) is 12.4 Å². The van der Waals surface area contributed by atoms with Gasteiger partial charge in [-0.1, -0.05) is 29.8 Å². The van der Waals surface area contributed by atoms with Crippen molar-refractivity contribution in [1.29, 1.82) is 0 Å². The van der Waals surface area contributed by atoms with Gasteiger partial charge in [0, 0.05) is 16.5 Å². The van der Waals surface area contributed by atoms with Gasteiger partial charge >= 0.3 is 0 Å². The van der Waals surface area contributed by atoms with Gasteiger partial charge in [-0.3, -0.25) is 9.59 Å². The Kier molecular flexibility index (Phi) is 5.02. The molecule has 1 aliphatic rings. The Bertz CT molecular complexity index is 1070. The molecule has 2 aromatic carbocycles. The standard InChI is InChI=1S/C20H16ClN3O3S/c1-27-17-7-6-11(8-14(17)21)16-10-28-20(23-16)24-18(25)9-15-12-4-2-3-5-13(12)19(26)22-15/h2-8,10,15H,9H2,1H3,(H,22,26)(H,23,24,25). The maximum absolute atomic E-state index is 12.4. The molecule has 1 aromatic heterocycles. The number of halogens is 1. The number of benzene rings is 2. The Balaban J connectivity index is 1.44.